The highest BCUT2D eigenvalue weighted by Gasteiger charge is 2.12. The van der Waals surface area contributed by atoms with Gasteiger partial charge in [0.15, 0.2) is 11.5 Å². The van der Waals surface area contributed by atoms with Gasteiger partial charge in [-0.1, -0.05) is 6.92 Å². The van der Waals surface area contributed by atoms with Gasteiger partial charge in [0.1, 0.15) is 0 Å². The Kier molecular flexibility index (Phi) is 5.84. The number of urea groups is 1. The Balaban J connectivity index is 2.77. The van der Waals surface area contributed by atoms with Crippen LogP contribution in [0.4, 0.5) is 19.3 Å². The fraction of sp³-hybridized carbons (Fsp3) is 0.417. The van der Waals surface area contributed by atoms with E-state index in [1.54, 1.807) is 0 Å². The summed E-state index contributed by atoms with van der Waals surface area (Å²) in [5.74, 6) is 0.0330. The first kappa shape index (κ1) is 15.0. The summed E-state index contributed by atoms with van der Waals surface area (Å²) >= 11 is 0. The standard InChI is InChI=1S/C12H16F2N2O3/c1-3-6-15-12(17)16-8-4-5-9(18-2)10(7-8)19-11(13)14/h4-5,7,11H,3,6H2,1-2H3,(H2,15,16,17). The average molecular weight is 274 g/mol. The van der Waals surface area contributed by atoms with E-state index in [2.05, 4.69) is 15.4 Å². The summed E-state index contributed by atoms with van der Waals surface area (Å²) in [4.78, 5) is 11.4. The predicted molar refractivity (Wildman–Crippen MR) is 66.9 cm³/mol. The summed E-state index contributed by atoms with van der Waals surface area (Å²) in [5, 5.41) is 5.11. The Morgan fingerprint density at radius 3 is 2.68 bits per heavy atom. The van der Waals surface area contributed by atoms with Crippen LogP contribution in [0.25, 0.3) is 0 Å². The zero-order valence-electron chi connectivity index (χ0n) is 10.7. The van der Waals surface area contributed by atoms with Crippen LogP contribution in [0, 0.1) is 0 Å². The van der Waals surface area contributed by atoms with Gasteiger partial charge in [0.2, 0.25) is 0 Å². The van der Waals surface area contributed by atoms with Gasteiger partial charge < -0.3 is 20.1 Å². The minimum absolute atomic E-state index is 0.134. The van der Waals surface area contributed by atoms with Gasteiger partial charge in [0.25, 0.3) is 0 Å². The molecule has 0 saturated carbocycles. The number of nitrogens with one attached hydrogen (secondary N) is 2. The van der Waals surface area contributed by atoms with Crippen molar-refractivity contribution in [1.82, 2.24) is 5.32 Å². The molecule has 0 radical (unpaired) electrons. The summed E-state index contributed by atoms with van der Waals surface area (Å²) in [6.45, 7) is -0.511. The van der Waals surface area contributed by atoms with E-state index >= 15 is 0 Å². The van der Waals surface area contributed by atoms with E-state index in [-0.39, 0.29) is 11.5 Å². The number of benzene rings is 1. The Hall–Kier alpha value is -2.05. The minimum atomic E-state index is -2.96. The lowest BCUT2D eigenvalue weighted by atomic mass is 10.3. The lowest BCUT2D eigenvalue weighted by Gasteiger charge is -2.12. The van der Waals surface area contributed by atoms with Crippen molar-refractivity contribution < 1.29 is 23.0 Å². The predicted octanol–water partition coefficient (Wildman–Crippen LogP) is 2.83. The molecule has 5 nitrogen and oxygen atoms in total. The molecular weight excluding hydrogens is 258 g/mol. The molecule has 0 unspecified atom stereocenters. The monoisotopic (exact) mass is 274 g/mol. The van der Waals surface area contributed by atoms with Crippen molar-refractivity contribution in [2.45, 2.75) is 20.0 Å². The van der Waals surface area contributed by atoms with E-state index < -0.39 is 12.6 Å². The second-order valence-electron chi connectivity index (χ2n) is 3.63. The largest absolute Gasteiger partial charge is 0.493 e. The second kappa shape index (κ2) is 7.40. The Bertz CT molecular complexity index is 427. The maximum absolute atomic E-state index is 12.2. The molecule has 0 fully saturated rings. The molecule has 2 N–H and O–H groups in total. The Morgan fingerprint density at radius 2 is 2.11 bits per heavy atom. The smallest absolute Gasteiger partial charge is 0.387 e. The number of carbonyl (C=O) groups excluding carboxylic acids is 1. The molecule has 1 rings (SSSR count). The van der Waals surface area contributed by atoms with Gasteiger partial charge in [0, 0.05) is 18.3 Å². The third-order valence-corrected chi connectivity index (χ3v) is 2.17. The van der Waals surface area contributed by atoms with Crippen LogP contribution in [-0.4, -0.2) is 26.3 Å². The summed E-state index contributed by atoms with van der Waals surface area (Å²) < 4.78 is 33.6. The maximum Gasteiger partial charge on any atom is 0.387 e. The fourth-order valence-electron chi connectivity index (χ4n) is 1.36. The van der Waals surface area contributed by atoms with Gasteiger partial charge >= 0.3 is 12.6 Å². The SMILES string of the molecule is CCCNC(=O)Nc1ccc(OC)c(OC(F)F)c1. The van der Waals surface area contributed by atoms with Crippen molar-refractivity contribution in [3.63, 3.8) is 0 Å². The summed E-state index contributed by atoms with van der Waals surface area (Å²) in [6.07, 6.45) is 0.801. The molecule has 0 aliphatic rings. The second-order valence-corrected chi connectivity index (χ2v) is 3.63. The molecule has 7 heteroatoms. The molecule has 0 aliphatic carbocycles. The van der Waals surface area contributed by atoms with Crippen LogP contribution in [0.2, 0.25) is 0 Å². The van der Waals surface area contributed by atoms with Crippen LogP contribution in [0.1, 0.15) is 13.3 Å². The van der Waals surface area contributed by atoms with E-state index in [0.29, 0.717) is 12.2 Å². The van der Waals surface area contributed by atoms with E-state index in [1.807, 2.05) is 6.92 Å². The van der Waals surface area contributed by atoms with Crippen molar-refractivity contribution in [2.24, 2.45) is 0 Å². The fourth-order valence-corrected chi connectivity index (χ4v) is 1.36. The molecule has 0 heterocycles. The molecule has 0 atom stereocenters. The topological polar surface area (TPSA) is 59.6 Å². The van der Waals surface area contributed by atoms with Crippen molar-refractivity contribution in [1.29, 1.82) is 0 Å². The summed E-state index contributed by atoms with van der Waals surface area (Å²) in [6, 6.07) is 3.84. The van der Waals surface area contributed by atoms with Gasteiger partial charge in [-0.25, -0.2) is 4.79 Å². The van der Waals surface area contributed by atoms with Crippen LogP contribution >= 0.6 is 0 Å². The third-order valence-electron chi connectivity index (χ3n) is 2.17. The number of ether oxygens (including phenoxy) is 2. The van der Waals surface area contributed by atoms with Gasteiger partial charge in [-0.2, -0.15) is 8.78 Å². The van der Waals surface area contributed by atoms with Crippen LogP contribution in [0.3, 0.4) is 0 Å². The van der Waals surface area contributed by atoms with E-state index in [9.17, 15) is 13.6 Å². The van der Waals surface area contributed by atoms with Crippen LogP contribution < -0.4 is 20.1 Å². The van der Waals surface area contributed by atoms with Crippen LogP contribution in [0.15, 0.2) is 18.2 Å². The number of amides is 2. The quantitative estimate of drug-likeness (QED) is 0.838. The number of anilines is 1. The summed E-state index contributed by atoms with van der Waals surface area (Å²) in [7, 11) is 1.34. The average Bonchev–Trinajstić information content (AvgIpc) is 2.36. The zero-order valence-corrected chi connectivity index (χ0v) is 10.7. The highest BCUT2D eigenvalue weighted by Crippen LogP contribution is 2.31. The number of halogens is 2. The van der Waals surface area contributed by atoms with E-state index in [1.165, 1.54) is 25.3 Å². The number of carbonyl (C=O) groups is 1. The van der Waals surface area contributed by atoms with Gasteiger partial charge in [0.05, 0.1) is 7.11 Å². The van der Waals surface area contributed by atoms with Gasteiger partial charge in [-0.05, 0) is 18.6 Å². The number of alkyl halides is 2. The Labute approximate surface area is 109 Å². The molecule has 1 aromatic carbocycles. The van der Waals surface area contributed by atoms with Crippen LogP contribution in [0.5, 0.6) is 11.5 Å². The van der Waals surface area contributed by atoms with Crippen LogP contribution in [-0.2, 0) is 0 Å². The molecule has 0 bridgehead atoms. The number of hydrogen-bond donors (Lipinski definition) is 2. The molecule has 2 amide bonds. The zero-order chi connectivity index (χ0) is 14.3. The minimum Gasteiger partial charge on any atom is -0.493 e. The number of rotatable bonds is 6. The molecule has 0 aliphatic heterocycles. The molecule has 1 aromatic rings. The van der Waals surface area contributed by atoms with Crippen molar-refractivity contribution in [3.05, 3.63) is 18.2 Å². The molecule has 0 spiro atoms. The highest BCUT2D eigenvalue weighted by atomic mass is 19.3. The van der Waals surface area contributed by atoms with Crippen molar-refractivity contribution >= 4 is 11.7 Å². The first-order valence-corrected chi connectivity index (χ1v) is 5.74. The highest BCUT2D eigenvalue weighted by molar-refractivity contribution is 5.89. The molecule has 19 heavy (non-hydrogen) atoms. The van der Waals surface area contributed by atoms with Gasteiger partial charge in [-0.3, -0.25) is 0 Å². The van der Waals surface area contributed by atoms with Gasteiger partial charge in [-0.15, -0.1) is 0 Å². The molecular formula is C12H16F2N2O3. The number of methoxy groups -OCH3 is 1. The normalized spacial score (nSPS) is 10.2. The van der Waals surface area contributed by atoms with E-state index in [0.717, 1.165) is 6.42 Å². The lowest BCUT2D eigenvalue weighted by Crippen LogP contribution is -2.29. The van der Waals surface area contributed by atoms with Crippen molar-refractivity contribution in [2.75, 3.05) is 19.0 Å². The maximum atomic E-state index is 12.2. The first-order chi connectivity index (χ1) is 9.06. The lowest BCUT2D eigenvalue weighted by molar-refractivity contribution is -0.0511. The summed E-state index contributed by atoms with van der Waals surface area (Å²) in [5.41, 5.74) is 0.338. The van der Waals surface area contributed by atoms with E-state index in [4.69, 9.17) is 4.74 Å². The number of hydrogen-bond acceptors (Lipinski definition) is 3. The third kappa shape index (κ3) is 4.99. The first-order valence-electron chi connectivity index (χ1n) is 5.74. The Morgan fingerprint density at radius 1 is 1.37 bits per heavy atom. The van der Waals surface area contributed by atoms with Crippen molar-refractivity contribution in [3.8, 4) is 11.5 Å². The molecule has 0 aromatic heterocycles. The molecule has 106 valence electrons. The molecule has 0 saturated heterocycles.